The van der Waals surface area contributed by atoms with Gasteiger partial charge in [-0.2, -0.15) is 6.07 Å². The Bertz CT molecular complexity index is 3090. The molecule has 6 nitrogen and oxygen atoms in total. The molecule has 4 aromatic heterocycles. The first-order valence-electron chi connectivity index (χ1n) is 17.8. The summed E-state index contributed by atoms with van der Waals surface area (Å²) >= 11 is 0. The minimum atomic E-state index is -0.258. The van der Waals surface area contributed by atoms with Crippen LogP contribution in [0.15, 0.2) is 152 Å². The number of hydrogen-bond acceptors (Lipinski definition) is 4. The number of aromatic nitrogens is 4. The smallest absolute Gasteiger partial charge is 0.503 e. The Morgan fingerprint density at radius 3 is 2.26 bits per heavy atom. The quantitative estimate of drug-likeness (QED) is 0.101. The molecule has 0 N–H and O–H groups in total. The number of rotatable bonds is 4. The number of imidazole rings is 1. The van der Waals surface area contributed by atoms with Gasteiger partial charge in [0.25, 0.3) is 0 Å². The molecule has 0 amide bonds. The molecule has 5 heterocycles. The Hall–Kier alpha value is -6.26. The molecule has 0 radical (unpaired) electrons. The van der Waals surface area contributed by atoms with Crippen molar-refractivity contribution >= 4 is 66.3 Å². The van der Waals surface area contributed by atoms with Crippen molar-refractivity contribution in [2.24, 2.45) is 0 Å². The molecule has 1 aliphatic heterocycles. The van der Waals surface area contributed by atoms with Gasteiger partial charge in [0.1, 0.15) is 5.65 Å². The van der Waals surface area contributed by atoms with Crippen molar-refractivity contribution in [3.63, 3.8) is 0 Å². The van der Waals surface area contributed by atoms with Gasteiger partial charge >= 0.3 is 20.4 Å². The molecule has 0 fully saturated rings. The van der Waals surface area contributed by atoms with Crippen LogP contribution in [-0.2, 0) is 25.8 Å². The maximum atomic E-state index is 6.52. The van der Waals surface area contributed by atoms with E-state index in [4.69, 9.17) is 9.72 Å². The summed E-state index contributed by atoms with van der Waals surface area (Å²) in [5.41, 5.74) is 10.5. The van der Waals surface area contributed by atoms with Gasteiger partial charge in [-0.15, -0.1) is 30.3 Å². The number of anilines is 3. The summed E-state index contributed by atoms with van der Waals surface area (Å²) in [6.45, 7) is 4.65. The van der Waals surface area contributed by atoms with Crippen molar-refractivity contribution in [3.8, 4) is 17.2 Å². The summed E-state index contributed by atoms with van der Waals surface area (Å²) in [4.78, 5) is 12.0. The molecular formula is C47H31N5OPd. The van der Waals surface area contributed by atoms with Crippen molar-refractivity contribution < 1.29 is 25.2 Å². The molecule has 0 saturated heterocycles. The first-order chi connectivity index (χ1) is 26.0. The molecule has 0 atom stereocenters. The van der Waals surface area contributed by atoms with Crippen LogP contribution in [0.2, 0.25) is 0 Å². The number of nitrogens with zero attached hydrogens (tertiary/aromatic N) is 5. The van der Waals surface area contributed by atoms with Gasteiger partial charge in [-0.25, -0.2) is 4.98 Å². The van der Waals surface area contributed by atoms with E-state index in [-0.39, 0.29) is 25.8 Å². The second kappa shape index (κ2) is 12.1. The Kier molecular flexibility index (Phi) is 7.29. The summed E-state index contributed by atoms with van der Waals surface area (Å²) in [5, 5.41) is 5.34. The van der Waals surface area contributed by atoms with Gasteiger partial charge in [-0.3, -0.25) is 4.98 Å². The van der Waals surface area contributed by atoms with Gasteiger partial charge in [-0.05, 0) is 65.0 Å². The van der Waals surface area contributed by atoms with E-state index in [1.807, 2.05) is 42.9 Å². The monoisotopic (exact) mass is 787 g/mol. The summed E-state index contributed by atoms with van der Waals surface area (Å²) < 4.78 is 10.8. The zero-order chi connectivity index (χ0) is 35.3. The average Bonchev–Trinajstić information content (AvgIpc) is 3.82. The molecule has 11 rings (SSSR count). The van der Waals surface area contributed by atoms with Gasteiger partial charge in [0.2, 0.25) is 0 Å². The Balaban J connectivity index is 0.00000361. The van der Waals surface area contributed by atoms with Crippen molar-refractivity contribution in [1.29, 1.82) is 0 Å². The largest absolute Gasteiger partial charge is 2.00 e. The van der Waals surface area contributed by atoms with E-state index in [1.165, 1.54) is 22.5 Å². The van der Waals surface area contributed by atoms with Gasteiger partial charge in [0.15, 0.2) is 0 Å². The Labute approximate surface area is 325 Å². The Morgan fingerprint density at radius 2 is 1.35 bits per heavy atom. The van der Waals surface area contributed by atoms with Crippen LogP contribution < -0.4 is 9.64 Å². The first-order valence-corrected chi connectivity index (χ1v) is 17.8. The minimum Gasteiger partial charge on any atom is -0.503 e. The van der Waals surface area contributed by atoms with Crippen LogP contribution in [0.1, 0.15) is 25.0 Å². The molecule has 0 saturated carbocycles. The van der Waals surface area contributed by atoms with Crippen molar-refractivity contribution in [2.75, 3.05) is 4.90 Å². The van der Waals surface area contributed by atoms with Crippen LogP contribution in [-0.4, -0.2) is 18.9 Å². The van der Waals surface area contributed by atoms with E-state index in [0.29, 0.717) is 11.5 Å². The van der Waals surface area contributed by atoms with E-state index in [2.05, 4.69) is 154 Å². The molecule has 54 heavy (non-hydrogen) atoms. The molecule has 0 spiro atoms. The first kappa shape index (κ1) is 32.4. The van der Waals surface area contributed by atoms with Gasteiger partial charge in [-0.1, -0.05) is 91.0 Å². The van der Waals surface area contributed by atoms with E-state index in [0.717, 1.165) is 60.6 Å². The molecule has 0 aliphatic carbocycles. The number of benzene rings is 6. The predicted molar refractivity (Wildman–Crippen MR) is 213 cm³/mol. The second-order valence-electron chi connectivity index (χ2n) is 14.2. The van der Waals surface area contributed by atoms with E-state index in [9.17, 15) is 0 Å². The third-order valence-corrected chi connectivity index (χ3v) is 10.8. The molecular weight excluding hydrogens is 757 g/mol. The molecule has 6 aromatic carbocycles. The van der Waals surface area contributed by atoms with Crippen molar-refractivity contribution in [2.45, 2.75) is 19.3 Å². The number of hydrogen-bond donors (Lipinski definition) is 0. The fourth-order valence-electron chi connectivity index (χ4n) is 8.41. The number of ether oxygens (including phenoxy) is 1. The maximum absolute atomic E-state index is 6.52. The summed E-state index contributed by atoms with van der Waals surface area (Å²) in [6.07, 6.45) is 5.68. The third kappa shape index (κ3) is 4.69. The second-order valence-corrected chi connectivity index (χ2v) is 14.2. The third-order valence-electron chi connectivity index (χ3n) is 10.8. The van der Waals surface area contributed by atoms with Gasteiger partial charge in [0.05, 0.1) is 22.5 Å². The van der Waals surface area contributed by atoms with Crippen LogP contribution in [0.25, 0.3) is 54.9 Å². The van der Waals surface area contributed by atoms with Crippen LogP contribution in [0.4, 0.5) is 17.1 Å². The Morgan fingerprint density at radius 1 is 0.574 bits per heavy atom. The fourth-order valence-corrected chi connectivity index (χ4v) is 8.41. The van der Waals surface area contributed by atoms with E-state index in [1.54, 1.807) is 0 Å². The van der Waals surface area contributed by atoms with Crippen LogP contribution in [0.5, 0.6) is 11.5 Å². The fraction of sp³-hybridized carbons (Fsp3) is 0.0638. The molecule has 260 valence electrons. The SMILES string of the molecule is CC1(C)c2ccccc2N(c2ccccc2)c2cc3c4cccnc4n(-c4[c-]c(Oc5[c-]c6c(cc5)c5ccccc5n5ccnc65)ccc4)c3cc21.[Pd+2]. The average molecular weight is 788 g/mol. The van der Waals surface area contributed by atoms with Crippen LogP contribution >= 0.6 is 0 Å². The molecule has 0 unspecified atom stereocenters. The summed E-state index contributed by atoms with van der Waals surface area (Å²) in [7, 11) is 0. The minimum absolute atomic E-state index is 0. The predicted octanol–water partition coefficient (Wildman–Crippen LogP) is 11.6. The zero-order valence-electron chi connectivity index (χ0n) is 29.4. The molecule has 10 aromatic rings. The normalized spacial score (nSPS) is 13.3. The van der Waals surface area contributed by atoms with E-state index >= 15 is 0 Å². The number of pyridine rings is 2. The summed E-state index contributed by atoms with van der Waals surface area (Å²) in [5.74, 6) is 1.19. The molecule has 0 bridgehead atoms. The summed E-state index contributed by atoms with van der Waals surface area (Å²) in [6, 6.07) is 53.9. The van der Waals surface area contributed by atoms with Crippen molar-refractivity contribution in [3.05, 3.63) is 175 Å². The standard InChI is InChI=1S/C47H31N5O.Pd/c1-47(2)39-18-7-9-20-42(39)51(30-12-4-3-5-13-30)44-28-37-36-17-11-23-48-46(36)52(43(37)29-40(44)47)31-14-10-15-32(26-31)53-33-21-22-34-35-16-6-8-19-41(35)50-25-24-49-45(50)38(34)27-33;/h3-25,28-29H,1-2H3;/q-2;+2. The van der Waals surface area contributed by atoms with Crippen LogP contribution in [0, 0.1) is 12.1 Å². The van der Waals surface area contributed by atoms with E-state index < -0.39 is 0 Å². The topological polar surface area (TPSA) is 47.6 Å². The van der Waals surface area contributed by atoms with Gasteiger partial charge in [0, 0.05) is 57.5 Å². The molecule has 7 heteroatoms. The maximum Gasteiger partial charge on any atom is 2.00 e. The zero-order valence-corrected chi connectivity index (χ0v) is 30.9. The van der Waals surface area contributed by atoms with Crippen molar-refractivity contribution in [1.82, 2.24) is 18.9 Å². The van der Waals surface area contributed by atoms with Crippen LogP contribution in [0.3, 0.4) is 0 Å². The van der Waals surface area contributed by atoms with Gasteiger partial charge < -0.3 is 18.6 Å². The molecule has 1 aliphatic rings. The number of fused-ring (bicyclic) bond motifs is 11. The number of para-hydroxylation sites is 3.